The standard InChI is InChI=1S/C11H15N3O2S/c1-13-10(15)8-3-2-5-14(8)11(16)9-7(12)4-6-17-9/h4,6,8H,2-3,5,12H2,1H3,(H,13,15). The van der Waals surface area contributed by atoms with E-state index in [-0.39, 0.29) is 17.9 Å². The number of likely N-dealkylation sites (tertiary alicyclic amines) is 1. The summed E-state index contributed by atoms with van der Waals surface area (Å²) in [6.45, 7) is 0.619. The fourth-order valence-corrected chi connectivity index (χ4v) is 2.85. The van der Waals surface area contributed by atoms with E-state index in [1.807, 2.05) is 0 Å². The molecule has 1 aromatic rings. The summed E-state index contributed by atoms with van der Waals surface area (Å²) in [5, 5.41) is 4.38. The molecular formula is C11H15N3O2S. The third-order valence-corrected chi connectivity index (χ3v) is 3.87. The first kappa shape index (κ1) is 11.9. The van der Waals surface area contributed by atoms with Crippen LogP contribution in [-0.4, -0.2) is 36.3 Å². The zero-order valence-corrected chi connectivity index (χ0v) is 10.4. The van der Waals surface area contributed by atoms with Gasteiger partial charge < -0.3 is 16.0 Å². The Labute approximate surface area is 104 Å². The SMILES string of the molecule is CNC(=O)C1CCCN1C(=O)c1sccc1N. The Kier molecular flexibility index (Phi) is 3.33. The number of nitrogens with zero attached hydrogens (tertiary/aromatic N) is 1. The van der Waals surface area contributed by atoms with Crippen molar-refractivity contribution < 1.29 is 9.59 Å². The molecule has 2 heterocycles. The average molecular weight is 253 g/mol. The maximum absolute atomic E-state index is 12.2. The highest BCUT2D eigenvalue weighted by Gasteiger charge is 2.34. The lowest BCUT2D eigenvalue weighted by Crippen LogP contribution is -2.44. The van der Waals surface area contributed by atoms with Gasteiger partial charge in [-0.05, 0) is 24.3 Å². The molecular weight excluding hydrogens is 238 g/mol. The van der Waals surface area contributed by atoms with Gasteiger partial charge in [0.15, 0.2) is 0 Å². The lowest BCUT2D eigenvalue weighted by molar-refractivity contribution is -0.124. The molecule has 1 atom stereocenters. The van der Waals surface area contributed by atoms with Crippen molar-refractivity contribution in [1.29, 1.82) is 0 Å². The third kappa shape index (κ3) is 2.12. The number of hydrogen-bond acceptors (Lipinski definition) is 4. The predicted octanol–water partition coefficient (Wildman–Crippen LogP) is 0.681. The number of nitrogens with one attached hydrogen (secondary N) is 1. The van der Waals surface area contributed by atoms with Gasteiger partial charge in [-0.2, -0.15) is 0 Å². The van der Waals surface area contributed by atoms with E-state index in [0.717, 1.165) is 12.8 Å². The molecule has 0 radical (unpaired) electrons. The molecule has 0 saturated carbocycles. The maximum Gasteiger partial charge on any atom is 0.266 e. The van der Waals surface area contributed by atoms with E-state index in [9.17, 15) is 9.59 Å². The highest BCUT2D eigenvalue weighted by atomic mass is 32.1. The molecule has 0 spiro atoms. The van der Waals surface area contributed by atoms with Crippen LogP contribution in [0.1, 0.15) is 22.5 Å². The summed E-state index contributed by atoms with van der Waals surface area (Å²) in [4.78, 5) is 26.0. The van der Waals surface area contributed by atoms with Crippen molar-refractivity contribution in [3.63, 3.8) is 0 Å². The fraction of sp³-hybridized carbons (Fsp3) is 0.455. The Bertz CT molecular complexity index is 444. The summed E-state index contributed by atoms with van der Waals surface area (Å²) in [5.41, 5.74) is 6.21. The molecule has 5 nitrogen and oxygen atoms in total. The molecule has 92 valence electrons. The first-order valence-electron chi connectivity index (χ1n) is 5.50. The quantitative estimate of drug-likeness (QED) is 0.814. The van der Waals surface area contributed by atoms with Crippen molar-refractivity contribution in [2.75, 3.05) is 19.3 Å². The molecule has 0 aliphatic carbocycles. The van der Waals surface area contributed by atoms with Gasteiger partial charge in [-0.1, -0.05) is 0 Å². The zero-order valence-electron chi connectivity index (χ0n) is 9.60. The van der Waals surface area contributed by atoms with Crippen LogP contribution in [0.25, 0.3) is 0 Å². The van der Waals surface area contributed by atoms with Crippen LogP contribution in [0.15, 0.2) is 11.4 Å². The number of carbonyl (C=O) groups excluding carboxylic acids is 2. The van der Waals surface area contributed by atoms with Gasteiger partial charge in [-0.15, -0.1) is 11.3 Å². The summed E-state index contributed by atoms with van der Waals surface area (Å²) in [6.07, 6.45) is 1.58. The lowest BCUT2D eigenvalue weighted by atomic mass is 10.2. The predicted molar refractivity (Wildman–Crippen MR) is 66.9 cm³/mol. The topological polar surface area (TPSA) is 75.4 Å². The van der Waals surface area contributed by atoms with Crippen LogP contribution in [-0.2, 0) is 4.79 Å². The second kappa shape index (κ2) is 4.75. The van der Waals surface area contributed by atoms with Crippen molar-refractivity contribution >= 4 is 28.8 Å². The summed E-state index contributed by atoms with van der Waals surface area (Å²) in [5.74, 6) is -0.241. The fourth-order valence-electron chi connectivity index (χ4n) is 2.07. The molecule has 6 heteroatoms. The number of anilines is 1. The van der Waals surface area contributed by atoms with Gasteiger partial charge in [0, 0.05) is 13.6 Å². The van der Waals surface area contributed by atoms with Crippen LogP contribution < -0.4 is 11.1 Å². The number of nitrogen functional groups attached to an aromatic ring is 1. The summed E-state index contributed by atoms with van der Waals surface area (Å²) < 4.78 is 0. The smallest absolute Gasteiger partial charge is 0.266 e. The molecule has 1 aromatic heterocycles. The van der Waals surface area contributed by atoms with Crippen molar-refractivity contribution in [3.8, 4) is 0 Å². The van der Waals surface area contributed by atoms with Gasteiger partial charge in [-0.25, -0.2) is 0 Å². The molecule has 1 unspecified atom stereocenters. The largest absolute Gasteiger partial charge is 0.397 e. The summed E-state index contributed by atoms with van der Waals surface area (Å²) in [6, 6.07) is 1.36. The van der Waals surface area contributed by atoms with Crippen LogP contribution in [0.5, 0.6) is 0 Å². The second-order valence-corrected chi connectivity index (χ2v) is 4.89. The molecule has 1 fully saturated rings. The summed E-state index contributed by atoms with van der Waals surface area (Å²) in [7, 11) is 1.59. The Morgan fingerprint density at radius 1 is 1.59 bits per heavy atom. The summed E-state index contributed by atoms with van der Waals surface area (Å²) >= 11 is 1.32. The van der Waals surface area contributed by atoms with Gasteiger partial charge in [-0.3, -0.25) is 9.59 Å². The monoisotopic (exact) mass is 253 g/mol. The van der Waals surface area contributed by atoms with Crippen LogP contribution in [0.4, 0.5) is 5.69 Å². The van der Waals surface area contributed by atoms with Gasteiger partial charge in [0.25, 0.3) is 5.91 Å². The van der Waals surface area contributed by atoms with Crippen molar-refractivity contribution in [2.45, 2.75) is 18.9 Å². The number of likely N-dealkylation sites (N-methyl/N-ethyl adjacent to an activating group) is 1. The number of nitrogens with two attached hydrogens (primary N) is 1. The normalized spacial score (nSPS) is 19.4. The Morgan fingerprint density at radius 2 is 2.35 bits per heavy atom. The van der Waals surface area contributed by atoms with Gasteiger partial charge in [0.2, 0.25) is 5.91 Å². The third-order valence-electron chi connectivity index (χ3n) is 2.95. The number of hydrogen-bond donors (Lipinski definition) is 2. The van der Waals surface area contributed by atoms with E-state index in [1.54, 1.807) is 23.4 Å². The van der Waals surface area contributed by atoms with Crippen molar-refractivity contribution in [2.24, 2.45) is 0 Å². The second-order valence-electron chi connectivity index (χ2n) is 3.98. The first-order chi connectivity index (χ1) is 8.15. The van der Waals surface area contributed by atoms with E-state index >= 15 is 0 Å². The van der Waals surface area contributed by atoms with E-state index in [2.05, 4.69) is 5.32 Å². The van der Waals surface area contributed by atoms with E-state index in [4.69, 9.17) is 5.73 Å². The van der Waals surface area contributed by atoms with E-state index in [1.165, 1.54) is 11.3 Å². The van der Waals surface area contributed by atoms with Gasteiger partial charge >= 0.3 is 0 Å². The number of thiophene rings is 1. The van der Waals surface area contributed by atoms with Crippen LogP contribution in [0.2, 0.25) is 0 Å². The molecule has 17 heavy (non-hydrogen) atoms. The molecule has 0 aromatic carbocycles. The highest BCUT2D eigenvalue weighted by Crippen LogP contribution is 2.26. The Balaban J connectivity index is 2.19. The van der Waals surface area contributed by atoms with Crippen LogP contribution in [0.3, 0.4) is 0 Å². The molecule has 1 aliphatic rings. The molecule has 2 rings (SSSR count). The lowest BCUT2D eigenvalue weighted by Gasteiger charge is -2.22. The molecule has 1 saturated heterocycles. The maximum atomic E-state index is 12.2. The minimum atomic E-state index is -0.353. The zero-order chi connectivity index (χ0) is 12.4. The first-order valence-corrected chi connectivity index (χ1v) is 6.38. The number of carbonyl (C=O) groups is 2. The van der Waals surface area contributed by atoms with E-state index < -0.39 is 0 Å². The minimum absolute atomic E-state index is 0.106. The van der Waals surface area contributed by atoms with Gasteiger partial charge in [0.1, 0.15) is 10.9 Å². The molecule has 2 amide bonds. The number of rotatable bonds is 2. The Hall–Kier alpha value is -1.56. The Morgan fingerprint density at radius 3 is 2.94 bits per heavy atom. The number of amides is 2. The van der Waals surface area contributed by atoms with Crippen molar-refractivity contribution in [1.82, 2.24) is 10.2 Å². The molecule has 3 N–H and O–H groups in total. The minimum Gasteiger partial charge on any atom is -0.397 e. The van der Waals surface area contributed by atoms with Crippen molar-refractivity contribution in [3.05, 3.63) is 16.3 Å². The van der Waals surface area contributed by atoms with E-state index in [0.29, 0.717) is 17.1 Å². The molecule has 0 bridgehead atoms. The average Bonchev–Trinajstić information content (AvgIpc) is 2.95. The highest BCUT2D eigenvalue weighted by molar-refractivity contribution is 7.12. The molecule has 1 aliphatic heterocycles. The van der Waals surface area contributed by atoms with Crippen LogP contribution in [0, 0.1) is 0 Å². The van der Waals surface area contributed by atoms with Gasteiger partial charge in [0.05, 0.1) is 5.69 Å². The van der Waals surface area contributed by atoms with Crippen LogP contribution >= 0.6 is 11.3 Å².